The van der Waals surface area contributed by atoms with Gasteiger partial charge in [0.05, 0.1) is 6.26 Å². The lowest BCUT2D eigenvalue weighted by Gasteiger charge is -2.00. The van der Waals surface area contributed by atoms with E-state index in [0.717, 1.165) is 6.26 Å². The summed E-state index contributed by atoms with van der Waals surface area (Å²) in [6, 6.07) is 0. The molecular weight excluding hydrogens is 142 g/mol. The van der Waals surface area contributed by atoms with E-state index in [4.69, 9.17) is 12.2 Å². The van der Waals surface area contributed by atoms with Crippen LogP contribution >= 0.6 is 0 Å². The fraction of sp³-hybridized carbons (Fsp3) is 0.500. The van der Waals surface area contributed by atoms with Crippen LogP contribution in [0.2, 0.25) is 0 Å². The molecule has 0 aromatic heterocycles. The molecule has 52 valence electrons. The second-order valence-electron chi connectivity index (χ2n) is 1.39. The molecule has 0 aromatic rings. The molecule has 0 aliphatic heterocycles. The summed E-state index contributed by atoms with van der Waals surface area (Å²) in [5.41, 5.74) is 4.92. The maximum atomic E-state index is 10.2. The van der Waals surface area contributed by atoms with Crippen LogP contribution in [0.3, 0.4) is 0 Å². The lowest BCUT2D eigenvalue weighted by molar-refractivity contribution is 0.275. The maximum Gasteiger partial charge on any atom is 0.266 e. The molecular formula is C4H7NO3S. The number of rotatable bonds is 2. The number of terminal acetylenes is 1. The number of hydrogen-bond donors (Lipinski definition) is 1. The summed E-state index contributed by atoms with van der Waals surface area (Å²) in [5.74, 6) is 1.90. The van der Waals surface area contributed by atoms with Crippen LogP contribution < -0.4 is 5.73 Å². The normalized spacial score (nSPS) is 14.3. The third-order valence-corrected chi connectivity index (χ3v) is 1.000. The van der Waals surface area contributed by atoms with Crippen molar-refractivity contribution in [1.82, 2.24) is 0 Å². The molecule has 9 heavy (non-hydrogen) atoms. The molecule has 0 aromatic carbocycles. The zero-order valence-corrected chi connectivity index (χ0v) is 5.68. The van der Waals surface area contributed by atoms with Gasteiger partial charge in [-0.15, -0.1) is 6.42 Å². The molecule has 1 atom stereocenters. The van der Waals surface area contributed by atoms with E-state index in [9.17, 15) is 8.42 Å². The third-order valence-electron chi connectivity index (χ3n) is 0.443. The van der Waals surface area contributed by atoms with Gasteiger partial charge in [0, 0.05) is 0 Å². The van der Waals surface area contributed by atoms with Crippen molar-refractivity contribution in [1.29, 1.82) is 0 Å². The summed E-state index contributed by atoms with van der Waals surface area (Å²) in [6.07, 6.45) is 4.43. The lowest BCUT2D eigenvalue weighted by atomic mass is 10.6. The smallest absolute Gasteiger partial charge is 0.266 e. The van der Waals surface area contributed by atoms with Crippen LogP contribution in [0.1, 0.15) is 0 Å². The molecule has 0 bridgehead atoms. The van der Waals surface area contributed by atoms with Gasteiger partial charge >= 0.3 is 0 Å². The van der Waals surface area contributed by atoms with Crippen molar-refractivity contribution in [3.63, 3.8) is 0 Å². The Morgan fingerprint density at radius 2 is 2.22 bits per heavy atom. The molecule has 0 heterocycles. The highest BCUT2D eigenvalue weighted by atomic mass is 32.2. The van der Waals surface area contributed by atoms with Gasteiger partial charge in [-0.25, -0.2) is 4.18 Å². The summed E-state index contributed by atoms with van der Waals surface area (Å²) < 4.78 is 24.5. The molecule has 0 aliphatic carbocycles. The molecule has 0 saturated carbocycles. The molecule has 0 amide bonds. The maximum absolute atomic E-state index is 10.2. The van der Waals surface area contributed by atoms with Gasteiger partial charge in [0.25, 0.3) is 10.1 Å². The van der Waals surface area contributed by atoms with Gasteiger partial charge in [-0.3, -0.25) is 5.73 Å². The van der Waals surface area contributed by atoms with Crippen molar-refractivity contribution in [2.45, 2.75) is 6.23 Å². The van der Waals surface area contributed by atoms with Crippen LogP contribution in [0.4, 0.5) is 0 Å². The van der Waals surface area contributed by atoms with Gasteiger partial charge in [-0.1, -0.05) is 5.92 Å². The van der Waals surface area contributed by atoms with Gasteiger partial charge in [-0.2, -0.15) is 8.42 Å². The Bertz CT molecular complexity index is 212. The second kappa shape index (κ2) is 2.82. The Balaban J connectivity index is 3.94. The quantitative estimate of drug-likeness (QED) is 0.307. The van der Waals surface area contributed by atoms with Gasteiger partial charge in [0.15, 0.2) is 6.23 Å². The molecule has 5 heteroatoms. The van der Waals surface area contributed by atoms with Crippen LogP contribution in [0, 0.1) is 12.3 Å². The predicted octanol–water partition coefficient (Wildman–Crippen LogP) is -1.12. The summed E-state index contributed by atoms with van der Waals surface area (Å²) in [4.78, 5) is 0. The highest BCUT2D eigenvalue weighted by Crippen LogP contribution is 1.88. The first-order valence-corrected chi connectivity index (χ1v) is 3.87. The Morgan fingerprint density at radius 3 is 2.33 bits per heavy atom. The highest BCUT2D eigenvalue weighted by molar-refractivity contribution is 7.86. The van der Waals surface area contributed by atoms with Crippen molar-refractivity contribution in [3.8, 4) is 12.3 Å². The molecule has 0 spiro atoms. The van der Waals surface area contributed by atoms with E-state index >= 15 is 0 Å². The van der Waals surface area contributed by atoms with E-state index in [2.05, 4.69) is 4.18 Å². The molecule has 0 aliphatic rings. The molecule has 1 unspecified atom stereocenters. The first-order valence-electron chi connectivity index (χ1n) is 2.05. The van der Waals surface area contributed by atoms with Crippen LogP contribution in [-0.4, -0.2) is 20.9 Å². The minimum Gasteiger partial charge on any atom is -0.295 e. The molecule has 0 fully saturated rings. The first kappa shape index (κ1) is 8.43. The number of hydrogen-bond acceptors (Lipinski definition) is 4. The molecule has 0 radical (unpaired) electrons. The molecule has 0 rings (SSSR count). The highest BCUT2D eigenvalue weighted by Gasteiger charge is 2.05. The second-order valence-corrected chi connectivity index (χ2v) is 2.99. The van der Waals surface area contributed by atoms with E-state index in [0.29, 0.717) is 0 Å². The summed E-state index contributed by atoms with van der Waals surface area (Å²) in [6.45, 7) is 0. The fourth-order valence-corrected chi connectivity index (χ4v) is 0.648. The molecule has 4 nitrogen and oxygen atoms in total. The van der Waals surface area contributed by atoms with Gasteiger partial charge in [-0.05, 0) is 0 Å². The van der Waals surface area contributed by atoms with E-state index in [-0.39, 0.29) is 0 Å². The van der Waals surface area contributed by atoms with Crippen molar-refractivity contribution in [2.24, 2.45) is 5.73 Å². The van der Waals surface area contributed by atoms with Crippen molar-refractivity contribution in [3.05, 3.63) is 0 Å². The Kier molecular flexibility index (Phi) is 2.65. The fourth-order valence-electron chi connectivity index (χ4n) is 0.216. The van der Waals surface area contributed by atoms with Crippen LogP contribution in [0.15, 0.2) is 0 Å². The summed E-state index contributed by atoms with van der Waals surface area (Å²) >= 11 is 0. The Hall–Kier alpha value is -0.570. The minimum absolute atomic E-state index is 0.879. The molecule has 0 saturated heterocycles. The van der Waals surface area contributed by atoms with Crippen LogP contribution in [-0.2, 0) is 14.3 Å². The summed E-state index contributed by atoms with van der Waals surface area (Å²) in [7, 11) is -3.50. The average Bonchev–Trinajstić information content (AvgIpc) is 1.62. The van der Waals surface area contributed by atoms with Crippen LogP contribution in [0.5, 0.6) is 0 Å². The van der Waals surface area contributed by atoms with Crippen molar-refractivity contribution >= 4 is 10.1 Å². The lowest BCUT2D eigenvalue weighted by Crippen LogP contribution is -2.24. The standard InChI is InChI=1S/C4H7NO3S/c1-3-4(5)8-9(2,6)7/h1,4H,5H2,2H3. The zero-order valence-electron chi connectivity index (χ0n) is 4.87. The topological polar surface area (TPSA) is 69.4 Å². The molecule has 2 N–H and O–H groups in total. The minimum atomic E-state index is -3.50. The largest absolute Gasteiger partial charge is 0.295 e. The van der Waals surface area contributed by atoms with Crippen molar-refractivity contribution in [2.75, 3.05) is 6.26 Å². The van der Waals surface area contributed by atoms with Gasteiger partial charge < -0.3 is 0 Å². The van der Waals surface area contributed by atoms with Crippen LogP contribution in [0.25, 0.3) is 0 Å². The first-order chi connectivity index (χ1) is 3.95. The van der Waals surface area contributed by atoms with E-state index in [1.165, 1.54) is 0 Å². The number of nitrogens with two attached hydrogens (primary N) is 1. The SMILES string of the molecule is C#CC(N)OS(C)(=O)=O. The van der Waals surface area contributed by atoms with E-state index in [1.54, 1.807) is 0 Å². The van der Waals surface area contributed by atoms with Gasteiger partial charge in [0.2, 0.25) is 0 Å². The predicted molar refractivity (Wildman–Crippen MR) is 32.7 cm³/mol. The van der Waals surface area contributed by atoms with E-state index < -0.39 is 16.3 Å². The zero-order chi connectivity index (χ0) is 7.49. The summed E-state index contributed by atoms with van der Waals surface area (Å²) in [5, 5.41) is 0. The monoisotopic (exact) mass is 149 g/mol. The third kappa shape index (κ3) is 5.30. The van der Waals surface area contributed by atoms with E-state index in [1.807, 2.05) is 5.92 Å². The Labute approximate surface area is 54.1 Å². The average molecular weight is 149 g/mol. The Morgan fingerprint density at radius 1 is 1.78 bits per heavy atom. The van der Waals surface area contributed by atoms with Gasteiger partial charge in [0.1, 0.15) is 0 Å². The van der Waals surface area contributed by atoms with Crippen molar-refractivity contribution < 1.29 is 12.6 Å².